The number of ether oxygens (including phenoxy) is 1. The monoisotopic (exact) mass is 278 g/mol. The molecule has 0 bridgehead atoms. The van der Waals surface area contributed by atoms with E-state index in [9.17, 15) is 14.4 Å². The zero-order chi connectivity index (χ0) is 15.1. The molecule has 2 N–H and O–H groups in total. The van der Waals surface area contributed by atoms with Gasteiger partial charge in [-0.05, 0) is 32.9 Å². The van der Waals surface area contributed by atoms with Crippen LogP contribution in [-0.4, -0.2) is 30.9 Å². The van der Waals surface area contributed by atoms with Gasteiger partial charge in [0.15, 0.2) is 12.4 Å². The van der Waals surface area contributed by atoms with E-state index in [-0.39, 0.29) is 0 Å². The van der Waals surface area contributed by atoms with Crippen molar-refractivity contribution in [2.24, 2.45) is 0 Å². The molecule has 1 unspecified atom stereocenters. The lowest BCUT2D eigenvalue weighted by atomic mass is 10.1. The van der Waals surface area contributed by atoms with Gasteiger partial charge in [-0.1, -0.05) is 11.6 Å². The van der Waals surface area contributed by atoms with Gasteiger partial charge in [0.05, 0.1) is 5.56 Å². The van der Waals surface area contributed by atoms with Crippen LogP contribution in [0.15, 0.2) is 18.2 Å². The maximum atomic E-state index is 11.7. The largest absolute Gasteiger partial charge is 0.480 e. The summed E-state index contributed by atoms with van der Waals surface area (Å²) in [6, 6.07) is 4.48. The predicted octanol–water partition coefficient (Wildman–Crippen LogP) is 1.42. The SMILES string of the molecule is CCNC(=O)NC(=O)C(C)Oc1ccc(C)cc1C=O. The molecule has 1 rings (SSSR count). The van der Waals surface area contributed by atoms with E-state index in [2.05, 4.69) is 10.6 Å². The van der Waals surface area contributed by atoms with Gasteiger partial charge < -0.3 is 10.1 Å². The van der Waals surface area contributed by atoms with E-state index in [1.54, 1.807) is 25.1 Å². The second kappa shape index (κ2) is 7.28. The quantitative estimate of drug-likeness (QED) is 0.798. The first-order valence-corrected chi connectivity index (χ1v) is 6.29. The van der Waals surface area contributed by atoms with Crippen LogP contribution in [0, 0.1) is 6.92 Å². The molecule has 3 amide bonds. The third-order valence-corrected chi connectivity index (χ3v) is 2.54. The first kappa shape index (κ1) is 15.7. The van der Waals surface area contributed by atoms with Crippen molar-refractivity contribution < 1.29 is 19.1 Å². The van der Waals surface area contributed by atoms with Crippen LogP contribution in [-0.2, 0) is 4.79 Å². The summed E-state index contributed by atoms with van der Waals surface area (Å²) in [4.78, 5) is 33.9. The van der Waals surface area contributed by atoms with Crippen molar-refractivity contribution in [3.8, 4) is 5.75 Å². The number of aryl methyl sites for hydroxylation is 1. The predicted molar refractivity (Wildman–Crippen MR) is 73.9 cm³/mol. The molecule has 0 radical (unpaired) electrons. The summed E-state index contributed by atoms with van der Waals surface area (Å²) in [5.74, 6) is -0.266. The summed E-state index contributed by atoms with van der Waals surface area (Å²) in [6.07, 6.45) is -0.226. The second-order valence-electron chi connectivity index (χ2n) is 4.27. The van der Waals surface area contributed by atoms with Gasteiger partial charge in [0.2, 0.25) is 0 Å². The van der Waals surface area contributed by atoms with Crippen LogP contribution in [0.25, 0.3) is 0 Å². The fraction of sp³-hybridized carbons (Fsp3) is 0.357. The van der Waals surface area contributed by atoms with Crippen molar-refractivity contribution in [2.45, 2.75) is 26.9 Å². The number of aldehydes is 1. The number of nitrogens with one attached hydrogen (secondary N) is 2. The highest BCUT2D eigenvalue weighted by Gasteiger charge is 2.18. The van der Waals surface area contributed by atoms with Gasteiger partial charge in [0.25, 0.3) is 5.91 Å². The smallest absolute Gasteiger partial charge is 0.321 e. The Bertz CT molecular complexity index is 514. The topological polar surface area (TPSA) is 84.5 Å². The molecular weight excluding hydrogens is 260 g/mol. The third kappa shape index (κ3) is 4.38. The molecule has 20 heavy (non-hydrogen) atoms. The highest BCUT2D eigenvalue weighted by Crippen LogP contribution is 2.19. The van der Waals surface area contributed by atoms with E-state index in [0.717, 1.165) is 5.56 Å². The van der Waals surface area contributed by atoms with Gasteiger partial charge in [0, 0.05) is 6.54 Å². The summed E-state index contributed by atoms with van der Waals surface area (Å²) in [7, 11) is 0. The Morgan fingerprint density at radius 1 is 1.40 bits per heavy atom. The molecule has 0 fully saturated rings. The molecule has 1 aromatic carbocycles. The van der Waals surface area contributed by atoms with Gasteiger partial charge in [-0.3, -0.25) is 14.9 Å². The molecule has 0 spiro atoms. The van der Waals surface area contributed by atoms with Crippen LogP contribution < -0.4 is 15.4 Å². The van der Waals surface area contributed by atoms with Gasteiger partial charge >= 0.3 is 6.03 Å². The lowest BCUT2D eigenvalue weighted by Crippen LogP contribution is -2.45. The number of carbonyl (C=O) groups is 3. The standard InChI is InChI=1S/C14H18N2O4/c1-4-15-14(19)16-13(18)10(3)20-12-6-5-9(2)7-11(12)8-17/h5-8,10H,4H2,1-3H3,(H2,15,16,18,19). The third-order valence-electron chi connectivity index (χ3n) is 2.54. The molecule has 0 saturated heterocycles. The zero-order valence-corrected chi connectivity index (χ0v) is 11.7. The Balaban J connectivity index is 2.70. The minimum Gasteiger partial charge on any atom is -0.480 e. The summed E-state index contributed by atoms with van der Waals surface area (Å²) in [6.45, 7) is 5.51. The summed E-state index contributed by atoms with van der Waals surface area (Å²) in [5.41, 5.74) is 1.28. The normalized spacial score (nSPS) is 11.3. The molecule has 0 saturated carbocycles. The highest BCUT2D eigenvalue weighted by molar-refractivity contribution is 5.96. The van der Waals surface area contributed by atoms with E-state index in [1.807, 2.05) is 6.92 Å². The van der Waals surface area contributed by atoms with E-state index in [4.69, 9.17) is 4.74 Å². The number of carbonyl (C=O) groups excluding carboxylic acids is 3. The number of hydrogen-bond acceptors (Lipinski definition) is 4. The molecule has 1 atom stereocenters. The van der Waals surface area contributed by atoms with Gasteiger partial charge in [-0.2, -0.15) is 0 Å². The van der Waals surface area contributed by atoms with Crippen molar-refractivity contribution in [1.29, 1.82) is 0 Å². The average molecular weight is 278 g/mol. The Labute approximate surface area is 117 Å². The lowest BCUT2D eigenvalue weighted by molar-refractivity contribution is -0.126. The van der Waals surface area contributed by atoms with Crippen molar-refractivity contribution >= 4 is 18.2 Å². The van der Waals surface area contributed by atoms with E-state index in [1.165, 1.54) is 6.92 Å². The molecule has 6 heteroatoms. The lowest BCUT2D eigenvalue weighted by Gasteiger charge is -2.15. The summed E-state index contributed by atoms with van der Waals surface area (Å²) >= 11 is 0. The number of urea groups is 1. The number of amides is 3. The van der Waals surface area contributed by atoms with Crippen LogP contribution in [0.3, 0.4) is 0 Å². The van der Waals surface area contributed by atoms with Gasteiger partial charge in [-0.25, -0.2) is 4.79 Å². The Morgan fingerprint density at radius 2 is 2.10 bits per heavy atom. The minimum absolute atomic E-state index is 0.309. The Hall–Kier alpha value is -2.37. The number of hydrogen-bond donors (Lipinski definition) is 2. The van der Waals surface area contributed by atoms with E-state index < -0.39 is 18.0 Å². The Kier molecular flexibility index (Phi) is 5.71. The van der Waals surface area contributed by atoms with Crippen molar-refractivity contribution in [1.82, 2.24) is 10.6 Å². The van der Waals surface area contributed by atoms with Gasteiger partial charge in [-0.15, -0.1) is 0 Å². The van der Waals surface area contributed by atoms with Crippen molar-refractivity contribution in [2.75, 3.05) is 6.54 Å². The summed E-state index contributed by atoms with van der Waals surface area (Å²) < 4.78 is 5.41. The van der Waals surface area contributed by atoms with E-state index in [0.29, 0.717) is 24.1 Å². The fourth-order valence-corrected chi connectivity index (χ4v) is 1.53. The molecule has 108 valence electrons. The molecule has 0 aliphatic heterocycles. The van der Waals surface area contributed by atoms with Crippen LogP contribution >= 0.6 is 0 Å². The van der Waals surface area contributed by atoms with Crippen LogP contribution in [0.2, 0.25) is 0 Å². The van der Waals surface area contributed by atoms with Crippen LogP contribution in [0.5, 0.6) is 5.75 Å². The molecule has 0 aromatic heterocycles. The van der Waals surface area contributed by atoms with Crippen molar-refractivity contribution in [3.63, 3.8) is 0 Å². The van der Waals surface area contributed by atoms with E-state index >= 15 is 0 Å². The number of rotatable bonds is 5. The van der Waals surface area contributed by atoms with Crippen LogP contribution in [0.4, 0.5) is 4.79 Å². The summed E-state index contributed by atoms with van der Waals surface area (Å²) in [5, 5.41) is 4.59. The minimum atomic E-state index is -0.890. The van der Waals surface area contributed by atoms with Crippen molar-refractivity contribution in [3.05, 3.63) is 29.3 Å². The maximum Gasteiger partial charge on any atom is 0.321 e. The molecule has 0 aliphatic rings. The van der Waals surface area contributed by atoms with Crippen LogP contribution in [0.1, 0.15) is 29.8 Å². The average Bonchev–Trinajstić information content (AvgIpc) is 2.40. The second-order valence-corrected chi connectivity index (χ2v) is 4.27. The number of imide groups is 1. The molecule has 6 nitrogen and oxygen atoms in total. The highest BCUT2D eigenvalue weighted by atomic mass is 16.5. The molecular formula is C14H18N2O4. The molecule has 0 heterocycles. The number of benzene rings is 1. The Morgan fingerprint density at radius 3 is 2.70 bits per heavy atom. The molecule has 0 aliphatic carbocycles. The van der Waals surface area contributed by atoms with Gasteiger partial charge in [0.1, 0.15) is 5.75 Å². The molecule has 1 aromatic rings. The fourth-order valence-electron chi connectivity index (χ4n) is 1.53. The first-order valence-electron chi connectivity index (χ1n) is 6.29. The maximum absolute atomic E-state index is 11.7. The zero-order valence-electron chi connectivity index (χ0n) is 11.7. The first-order chi connectivity index (χ1) is 9.47.